The summed E-state index contributed by atoms with van der Waals surface area (Å²) >= 11 is 0. The van der Waals surface area contributed by atoms with Gasteiger partial charge < -0.3 is 15.8 Å². The maximum Gasteiger partial charge on any atom is 0.325 e. The van der Waals surface area contributed by atoms with Crippen LogP contribution in [0.15, 0.2) is 43.0 Å². The predicted molar refractivity (Wildman–Crippen MR) is 76.9 cm³/mol. The molecule has 0 radical (unpaired) electrons. The molecule has 108 valence electrons. The van der Waals surface area contributed by atoms with Gasteiger partial charge in [-0.15, -0.1) is 0 Å². The van der Waals surface area contributed by atoms with Gasteiger partial charge in [0, 0.05) is 13.0 Å². The summed E-state index contributed by atoms with van der Waals surface area (Å²) in [6.45, 7) is 3.62. The number of aryl methyl sites for hydroxylation is 1. The van der Waals surface area contributed by atoms with Crippen LogP contribution < -0.4 is 11.1 Å². The summed E-state index contributed by atoms with van der Waals surface area (Å²) in [6.07, 6.45) is 2.48. The van der Waals surface area contributed by atoms with Crippen LogP contribution in [0.3, 0.4) is 0 Å². The smallest absolute Gasteiger partial charge is 0.325 e. The highest BCUT2D eigenvalue weighted by molar-refractivity contribution is 5.79. The van der Waals surface area contributed by atoms with Gasteiger partial charge in [0.15, 0.2) is 0 Å². The monoisotopic (exact) mass is 276 g/mol. The van der Waals surface area contributed by atoms with Crippen molar-refractivity contribution in [3.63, 3.8) is 0 Å². The minimum atomic E-state index is -0.851. The molecule has 0 aromatic heterocycles. The molecule has 0 heterocycles. The van der Waals surface area contributed by atoms with Gasteiger partial charge in [-0.2, -0.15) is 0 Å². The summed E-state index contributed by atoms with van der Waals surface area (Å²) in [6, 6.07) is 8.86. The van der Waals surface area contributed by atoms with Gasteiger partial charge >= 0.3 is 5.97 Å². The molecule has 0 aliphatic rings. The average molecular weight is 276 g/mol. The summed E-state index contributed by atoms with van der Waals surface area (Å²) in [7, 11) is 0. The van der Waals surface area contributed by atoms with Crippen LogP contribution in [-0.2, 0) is 20.7 Å². The Kier molecular flexibility index (Phi) is 7.06. The summed E-state index contributed by atoms with van der Waals surface area (Å²) in [5.74, 6) is -0.686. The van der Waals surface area contributed by atoms with Crippen LogP contribution in [0.4, 0.5) is 0 Å². The Morgan fingerprint density at radius 2 is 2.05 bits per heavy atom. The Morgan fingerprint density at radius 1 is 1.35 bits per heavy atom. The predicted octanol–water partition coefficient (Wildman–Crippen LogP) is 0.792. The highest BCUT2D eigenvalue weighted by Gasteiger charge is 2.15. The Bertz CT molecular complexity index is 446. The lowest BCUT2D eigenvalue weighted by Crippen LogP contribution is -2.43. The molecule has 1 aromatic rings. The zero-order valence-corrected chi connectivity index (χ0v) is 11.4. The number of esters is 1. The summed E-state index contributed by atoms with van der Waals surface area (Å²) in [5, 5.41) is 2.62. The van der Waals surface area contributed by atoms with E-state index >= 15 is 0 Å². The van der Waals surface area contributed by atoms with Gasteiger partial charge in [0.05, 0.1) is 0 Å². The lowest BCUT2D eigenvalue weighted by molar-refractivity contribution is -0.143. The molecule has 1 rings (SSSR count). The van der Waals surface area contributed by atoms with Crippen molar-refractivity contribution in [3.05, 3.63) is 48.6 Å². The van der Waals surface area contributed by atoms with Crippen molar-refractivity contribution < 1.29 is 14.3 Å². The first kappa shape index (κ1) is 15.9. The Hall–Kier alpha value is -2.14. The maximum atomic E-state index is 11.6. The minimum Gasteiger partial charge on any atom is -0.460 e. The van der Waals surface area contributed by atoms with E-state index in [4.69, 9.17) is 10.5 Å². The van der Waals surface area contributed by atoms with Gasteiger partial charge in [-0.25, -0.2) is 0 Å². The molecule has 1 amide bonds. The van der Waals surface area contributed by atoms with Gasteiger partial charge in [-0.05, 0) is 12.0 Å². The largest absolute Gasteiger partial charge is 0.460 e. The molecule has 0 fully saturated rings. The number of ether oxygens (including phenoxy) is 1. The number of amides is 1. The van der Waals surface area contributed by atoms with Crippen molar-refractivity contribution in [1.29, 1.82) is 0 Å². The third-order valence-electron chi connectivity index (χ3n) is 2.65. The van der Waals surface area contributed by atoms with E-state index in [0.717, 1.165) is 5.56 Å². The molecule has 20 heavy (non-hydrogen) atoms. The van der Waals surface area contributed by atoms with Gasteiger partial charge in [0.1, 0.15) is 12.6 Å². The molecular weight excluding hydrogens is 256 g/mol. The van der Waals surface area contributed by atoms with Crippen LogP contribution in [0.1, 0.15) is 12.0 Å². The second-order valence-corrected chi connectivity index (χ2v) is 4.31. The quantitative estimate of drug-likeness (QED) is 0.543. The molecule has 1 aromatic carbocycles. The lowest BCUT2D eigenvalue weighted by atomic mass is 10.1. The molecule has 0 spiro atoms. The number of carbonyl (C=O) groups excluding carboxylic acids is 2. The van der Waals surface area contributed by atoms with E-state index in [0.29, 0.717) is 12.8 Å². The first-order valence-electron chi connectivity index (χ1n) is 6.47. The van der Waals surface area contributed by atoms with Crippen molar-refractivity contribution >= 4 is 11.9 Å². The zero-order chi connectivity index (χ0) is 14.8. The van der Waals surface area contributed by atoms with Crippen molar-refractivity contribution in [3.8, 4) is 0 Å². The van der Waals surface area contributed by atoms with Crippen LogP contribution >= 0.6 is 0 Å². The number of carbonyl (C=O) groups is 2. The van der Waals surface area contributed by atoms with Crippen molar-refractivity contribution in [2.24, 2.45) is 5.73 Å². The van der Waals surface area contributed by atoms with Crippen molar-refractivity contribution in [2.75, 3.05) is 13.2 Å². The Labute approximate surface area is 118 Å². The highest BCUT2D eigenvalue weighted by Crippen LogP contribution is 2.01. The fourth-order valence-electron chi connectivity index (χ4n) is 1.55. The standard InChI is InChI=1S/C15H20N2O3/c1-2-10-20-15(19)13(16)11-17-14(18)9-8-12-6-4-3-5-7-12/h2-7,13H,1,8-11,16H2,(H,17,18)/t13-/m0/s1. The lowest BCUT2D eigenvalue weighted by Gasteiger charge is -2.11. The second kappa shape index (κ2) is 8.87. The Morgan fingerprint density at radius 3 is 2.70 bits per heavy atom. The maximum absolute atomic E-state index is 11.6. The van der Waals surface area contributed by atoms with E-state index in [1.54, 1.807) is 0 Å². The molecule has 0 saturated heterocycles. The number of hydrogen-bond donors (Lipinski definition) is 2. The number of hydrogen-bond acceptors (Lipinski definition) is 4. The van der Waals surface area contributed by atoms with Crippen LogP contribution in [0.25, 0.3) is 0 Å². The van der Waals surface area contributed by atoms with E-state index in [-0.39, 0.29) is 19.1 Å². The number of nitrogens with two attached hydrogens (primary N) is 1. The third kappa shape index (κ3) is 6.15. The molecule has 5 nitrogen and oxygen atoms in total. The third-order valence-corrected chi connectivity index (χ3v) is 2.65. The van der Waals surface area contributed by atoms with Crippen LogP contribution in [0.2, 0.25) is 0 Å². The summed E-state index contributed by atoms with van der Waals surface area (Å²) in [4.78, 5) is 23.0. The van der Waals surface area contributed by atoms with Crippen LogP contribution in [0, 0.1) is 0 Å². The molecule has 0 unspecified atom stereocenters. The van der Waals surface area contributed by atoms with E-state index in [9.17, 15) is 9.59 Å². The first-order chi connectivity index (χ1) is 9.63. The molecule has 0 aliphatic heterocycles. The second-order valence-electron chi connectivity index (χ2n) is 4.31. The first-order valence-corrected chi connectivity index (χ1v) is 6.47. The fourth-order valence-corrected chi connectivity index (χ4v) is 1.55. The fraction of sp³-hybridized carbons (Fsp3) is 0.333. The van der Waals surface area contributed by atoms with Gasteiger partial charge in [0.25, 0.3) is 0 Å². The Balaban J connectivity index is 2.22. The van der Waals surface area contributed by atoms with Gasteiger partial charge in [-0.1, -0.05) is 43.0 Å². The molecule has 0 aliphatic carbocycles. The highest BCUT2D eigenvalue weighted by atomic mass is 16.5. The minimum absolute atomic E-state index is 0.0730. The zero-order valence-electron chi connectivity index (χ0n) is 11.4. The number of benzene rings is 1. The number of rotatable bonds is 8. The average Bonchev–Trinajstić information content (AvgIpc) is 2.49. The van der Waals surface area contributed by atoms with E-state index in [1.165, 1.54) is 6.08 Å². The SMILES string of the molecule is C=CCOC(=O)[C@@H](N)CNC(=O)CCc1ccccc1. The van der Waals surface area contributed by atoms with Crippen LogP contribution in [0.5, 0.6) is 0 Å². The van der Waals surface area contributed by atoms with Crippen molar-refractivity contribution in [2.45, 2.75) is 18.9 Å². The van der Waals surface area contributed by atoms with E-state index < -0.39 is 12.0 Å². The summed E-state index contributed by atoms with van der Waals surface area (Å²) in [5.41, 5.74) is 6.68. The topological polar surface area (TPSA) is 81.4 Å². The molecule has 5 heteroatoms. The normalized spacial score (nSPS) is 11.4. The summed E-state index contributed by atoms with van der Waals surface area (Å²) < 4.78 is 4.78. The molecule has 1 atom stereocenters. The molecule has 0 saturated carbocycles. The van der Waals surface area contributed by atoms with Gasteiger partial charge in [0.2, 0.25) is 5.91 Å². The molecule has 3 N–H and O–H groups in total. The van der Waals surface area contributed by atoms with E-state index in [2.05, 4.69) is 11.9 Å². The van der Waals surface area contributed by atoms with Crippen molar-refractivity contribution in [1.82, 2.24) is 5.32 Å². The van der Waals surface area contributed by atoms with Crippen LogP contribution in [-0.4, -0.2) is 31.1 Å². The van der Waals surface area contributed by atoms with Gasteiger partial charge in [-0.3, -0.25) is 9.59 Å². The molecular formula is C15H20N2O3. The van der Waals surface area contributed by atoms with E-state index in [1.807, 2.05) is 30.3 Å². The molecule has 0 bridgehead atoms. The number of nitrogens with one attached hydrogen (secondary N) is 1.